The van der Waals surface area contributed by atoms with Crippen LogP contribution in [0.1, 0.15) is 23.8 Å². The molecule has 0 aliphatic carbocycles. The highest BCUT2D eigenvalue weighted by molar-refractivity contribution is 9.10. The van der Waals surface area contributed by atoms with Crippen molar-refractivity contribution in [3.05, 3.63) is 20.8 Å². The van der Waals surface area contributed by atoms with E-state index in [9.17, 15) is 4.79 Å². The van der Waals surface area contributed by atoms with E-state index >= 15 is 0 Å². The van der Waals surface area contributed by atoms with Crippen LogP contribution in [0.4, 0.5) is 0 Å². The summed E-state index contributed by atoms with van der Waals surface area (Å²) in [5, 5.41) is 4.92. The van der Waals surface area contributed by atoms with Crippen LogP contribution >= 0.6 is 27.3 Å². The second-order valence-corrected chi connectivity index (χ2v) is 5.18. The van der Waals surface area contributed by atoms with Gasteiger partial charge in [0.1, 0.15) is 0 Å². The molecular formula is C9H11BrN2OS. The van der Waals surface area contributed by atoms with Gasteiger partial charge in [0.2, 0.25) is 5.91 Å². The van der Waals surface area contributed by atoms with Crippen molar-refractivity contribution in [1.82, 2.24) is 5.32 Å². The number of carbonyl (C=O) groups excluding carboxylic acids is 1. The third-order valence-corrected chi connectivity index (χ3v) is 4.33. The van der Waals surface area contributed by atoms with Gasteiger partial charge in [-0.05, 0) is 33.8 Å². The third-order valence-electron chi connectivity index (χ3n) is 2.38. The lowest BCUT2D eigenvalue weighted by Gasteiger charge is -2.29. The first kappa shape index (κ1) is 10.1. The van der Waals surface area contributed by atoms with Crippen molar-refractivity contribution in [3.63, 3.8) is 0 Å². The standard InChI is InChI=1S/C9H11BrN2OS/c10-5-3-4-14-9(5)8-6(11)1-2-7(13)12-8/h3-4,6,8H,1-2,11H2,(H,12,13). The maximum atomic E-state index is 11.2. The molecule has 1 amide bonds. The van der Waals surface area contributed by atoms with Crippen molar-refractivity contribution in [2.45, 2.75) is 24.9 Å². The average molecular weight is 275 g/mol. The Kier molecular flexibility index (Phi) is 2.90. The summed E-state index contributed by atoms with van der Waals surface area (Å²) in [6.07, 6.45) is 1.31. The molecule has 2 unspecified atom stereocenters. The third kappa shape index (κ3) is 1.85. The highest BCUT2D eigenvalue weighted by Crippen LogP contribution is 2.32. The number of nitrogens with one attached hydrogen (secondary N) is 1. The number of thiophene rings is 1. The van der Waals surface area contributed by atoms with Gasteiger partial charge in [-0.2, -0.15) is 0 Å². The van der Waals surface area contributed by atoms with Crippen LogP contribution in [0.15, 0.2) is 15.9 Å². The number of rotatable bonds is 1. The molecule has 1 aromatic rings. The highest BCUT2D eigenvalue weighted by atomic mass is 79.9. The van der Waals surface area contributed by atoms with Gasteiger partial charge in [0, 0.05) is 21.8 Å². The Bertz CT molecular complexity index is 352. The molecule has 2 rings (SSSR count). The van der Waals surface area contributed by atoms with Gasteiger partial charge in [-0.25, -0.2) is 0 Å². The number of hydrogen-bond donors (Lipinski definition) is 2. The zero-order valence-corrected chi connectivity index (χ0v) is 9.90. The van der Waals surface area contributed by atoms with Gasteiger partial charge in [0.05, 0.1) is 6.04 Å². The monoisotopic (exact) mass is 274 g/mol. The molecule has 2 heterocycles. The minimum atomic E-state index is -0.0226. The van der Waals surface area contributed by atoms with Crippen molar-refractivity contribution < 1.29 is 4.79 Å². The van der Waals surface area contributed by atoms with E-state index in [-0.39, 0.29) is 18.0 Å². The zero-order valence-electron chi connectivity index (χ0n) is 7.50. The van der Waals surface area contributed by atoms with Gasteiger partial charge in [-0.15, -0.1) is 11.3 Å². The first-order valence-corrected chi connectivity index (χ1v) is 6.13. The molecule has 5 heteroatoms. The lowest BCUT2D eigenvalue weighted by Crippen LogP contribution is -2.45. The average Bonchev–Trinajstić information content (AvgIpc) is 2.56. The minimum absolute atomic E-state index is 0.0226. The molecule has 0 aromatic carbocycles. The molecular weight excluding hydrogens is 264 g/mol. The van der Waals surface area contributed by atoms with Crippen molar-refractivity contribution in [2.75, 3.05) is 0 Å². The van der Waals surface area contributed by atoms with Gasteiger partial charge in [0.15, 0.2) is 0 Å². The van der Waals surface area contributed by atoms with Crippen LogP contribution in [0.2, 0.25) is 0 Å². The summed E-state index contributed by atoms with van der Waals surface area (Å²) in [6, 6.07) is 1.99. The molecule has 0 saturated carbocycles. The first-order valence-electron chi connectivity index (χ1n) is 4.46. The SMILES string of the molecule is NC1CCC(=O)NC1c1sccc1Br. The molecule has 3 nitrogen and oxygen atoms in total. The van der Waals surface area contributed by atoms with Crippen LogP contribution in [-0.4, -0.2) is 11.9 Å². The summed E-state index contributed by atoms with van der Waals surface area (Å²) in [5.74, 6) is 0.0944. The Morgan fingerprint density at radius 3 is 3.07 bits per heavy atom. The molecule has 1 aliphatic heterocycles. The summed E-state index contributed by atoms with van der Waals surface area (Å²) in [5.41, 5.74) is 5.97. The van der Waals surface area contributed by atoms with E-state index in [0.29, 0.717) is 6.42 Å². The fourth-order valence-corrected chi connectivity index (χ4v) is 3.35. The van der Waals surface area contributed by atoms with E-state index in [2.05, 4.69) is 21.2 Å². The van der Waals surface area contributed by atoms with Crippen LogP contribution < -0.4 is 11.1 Å². The minimum Gasteiger partial charge on any atom is -0.347 e. The lowest BCUT2D eigenvalue weighted by atomic mass is 9.98. The molecule has 1 aliphatic rings. The van der Waals surface area contributed by atoms with E-state index in [4.69, 9.17) is 5.73 Å². The number of amides is 1. The quantitative estimate of drug-likeness (QED) is 0.821. The maximum absolute atomic E-state index is 11.2. The normalized spacial score (nSPS) is 27.4. The van der Waals surface area contributed by atoms with Gasteiger partial charge >= 0.3 is 0 Å². The number of piperidine rings is 1. The summed E-state index contributed by atoms with van der Waals surface area (Å²) < 4.78 is 1.03. The number of nitrogens with two attached hydrogens (primary N) is 1. The van der Waals surface area contributed by atoms with E-state index in [1.54, 1.807) is 11.3 Å². The molecule has 2 atom stereocenters. The Labute approximate surface area is 94.8 Å². The van der Waals surface area contributed by atoms with Crippen molar-refractivity contribution in [3.8, 4) is 0 Å². The molecule has 76 valence electrons. The second-order valence-electron chi connectivity index (χ2n) is 3.38. The molecule has 1 saturated heterocycles. The molecule has 3 N–H and O–H groups in total. The molecule has 0 radical (unpaired) electrons. The number of carbonyl (C=O) groups is 1. The summed E-state index contributed by atoms with van der Waals surface area (Å²) in [6.45, 7) is 0. The number of halogens is 1. The van der Waals surface area contributed by atoms with Crippen LogP contribution in [0.25, 0.3) is 0 Å². The predicted molar refractivity (Wildman–Crippen MR) is 60.1 cm³/mol. The van der Waals surface area contributed by atoms with Gasteiger partial charge < -0.3 is 11.1 Å². The van der Waals surface area contributed by atoms with Crippen molar-refractivity contribution in [1.29, 1.82) is 0 Å². The van der Waals surface area contributed by atoms with Crippen LogP contribution in [-0.2, 0) is 4.79 Å². The van der Waals surface area contributed by atoms with Crippen molar-refractivity contribution >= 4 is 33.2 Å². The van der Waals surface area contributed by atoms with E-state index < -0.39 is 0 Å². The zero-order chi connectivity index (χ0) is 10.1. The second kappa shape index (κ2) is 4.00. The molecule has 14 heavy (non-hydrogen) atoms. The number of hydrogen-bond acceptors (Lipinski definition) is 3. The van der Waals surface area contributed by atoms with Gasteiger partial charge in [-0.3, -0.25) is 4.79 Å². The summed E-state index contributed by atoms with van der Waals surface area (Å²) in [4.78, 5) is 12.4. The van der Waals surface area contributed by atoms with Crippen molar-refractivity contribution in [2.24, 2.45) is 5.73 Å². The Hall–Kier alpha value is -0.390. The predicted octanol–water partition coefficient (Wildman–Crippen LogP) is 1.79. The summed E-state index contributed by atoms with van der Waals surface area (Å²) in [7, 11) is 0. The lowest BCUT2D eigenvalue weighted by molar-refractivity contribution is -0.123. The van der Waals surface area contributed by atoms with Gasteiger partial charge in [-0.1, -0.05) is 0 Å². The topological polar surface area (TPSA) is 55.1 Å². The van der Waals surface area contributed by atoms with E-state index in [0.717, 1.165) is 15.8 Å². The van der Waals surface area contributed by atoms with Gasteiger partial charge in [0.25, 0.3) is 0 Å². The largest absolute Gasteiger partial charge is 0.347 e. The van der Waals surface area contributed by atoms with Crippen LogP contribution in [0.3, 0.4) is 0 Å². The fraction of sp³-hybridized carbons (Fsp3) is 0.444. The molecule has 0 spiro atoms. The fourth-order valence-electron chi connectivity index (χ4n) is 1.60. The first-order chi connectivity index (χ1) is 6.68. The van der Waals surface area contributed by atoms with E-state index in [1.807, 2.05) is 11.4 Å². The van der Waals surface area contributed by atoms with Crippen LogP contribution in [0.5, 0.6) is 0 Å². The molecule has 1 aromatic heterocycles. The summed E-state index contributed by atoms with van der Waals surface area (Å²) >= 11 is 5.07. The molecule has 0 bridgehead atoms. The van der Waals surface area contributed by atoms with E-state index in [1.165, 1.54) is 0 Å². The smallest absolute Gasteiger partial charge is 0.220 e. The Balaban J connectivity index is 2.24. The highest BCUT2D eigenvalue weighted by Gasteiger charge is 2.29. The maximum Gasteiger partial charge on any atom is 0.220 e. The Morgan fingerprint density at radius 2 is 2.43 bits per heavy atom. The van der Waals surface area contributed by atoms with Crippen LogP contribution in [0, 0.1) is 0 Å². The molecule has 1 fully saturated rings. The Morgan fingerprint density at radius 1 is 1.64 bits per heavy atom.